The molecule has 0 aromatic heterocycles. The second kappa shape index (κ2) is 9.30. The van der Waals surface area contributed by atoms with Gasteiger partial charge in [0.05, 0.1) is 10.0 Å². The Hall–Kier alpha value is -1.46. The van der Waals surface area contributed by atoms with E-state index >= 15 is 0 Å². The molecule has 0 fully saturated rings. The number of hydrogen-bond acceptors (Lipinski definition) is 3. The van der Waals surface area contributed by atoms with E-state index in [0.29, 0.717) is 23.0 Å². The zero-order valence-corrected chi connectivity index (χ0v) is 16.8. The molecule has 0 radical (unpaired) electrons. The van der Waals surface area contributed by atoms with Crippen LogP contribution in [0.4, 0.5) is 4.79 Å². The summed E-state index contributed by atoms with van der Waals surface area (Å²) >= 11 is 11.9. The quantitative estimate of drug-likeness (QED) is 0.750. The molecule has 0 spiro atoms. The first-order chi connectivity index (χ1) is 11.5. The normalized spacial score (nSPS) is 12.6. The minimum Gasteiger partial charge on any atom is -0.444 e. The molecule has 1 atom stereocenters. The fraction of sp³-hybridized carbons (Fsp3) is 0.556. The highest BCUT2D eigenvalue weighted by atomic mass is 35.5. The van der Waals surface area contributed by atoms with E-state index in [1.807, 2.05) is 13.8 Å². The van der Waals surface area contributed by atoms with Gasteiger partial charge in [-0.25, -0.2) is 4.79 Å². The molecule has 0 heterocycles. The summed E-state index contributed by atoms with van der Waals surface area (Å²) in [7, 11) is 0. The highest BCUT2D eigenvalue weighted by Crippen LogP contribution is 2.22. The number of carbonyl (C=O) groups excluding carboxylic acids is 2. The highest BCUT2D eigenvalue weighted by molar-refractivity contribution is 6.42. The van der Waals surface area contributed by atoms with E-state index in [-0.39, 0.29) is 11.8 Å². The Bertz CT molecular complexity index is 613. The topological polar surface area (TPSA) is 67.4 Å². The maximum absolute atomic E-state index is 12.5. The maximum Gasteiger partial charge on any atom is 0.408 e. The van der Waals surface area contributed by atoms with Gasteiger partial charge in [-0.15, -0.1) is 0 Å². The molecule has 0 aliphatic heterocycles. The molecule has 1 aromatic carbocycles. The van der Waals surface area contributed by atoms with Crippen LogP contribution in [-0.2, 0) is 16.1 Å². The molecular formula is C18H26Cl2N2O3. The fourth-order valence-corrected chi connectivity index (χ4v) is 2.44. The summed E-state index contributed by atoms with van der Waals surface area (Å²) in [5.41, 5.74) is 0.200. The van der Waals surface area contributed by atoms with Crippen LogP contribution in [-0.4, -0.2) is 23.6 Å². The van der Waals surface area contributed by atoms with Crippen molar-refractivity contribution >= 4 is 35.2 Å². The average Bonchev–Trinajstić information content (AvgIpc) is 2.45. The first-order valence-electron chi connectivity index (χ1n) is 8.19. The molecule has 1 rings (SSSR count). The third kappa shape index (κ3) is 8.45. The van der Waals surface area contributed by atoms with Crippen LogP contribution in [0.1, 0.15) is 46.6 Å². The van der Waals surface area contributed by atoms with Crippen molar-refractivity contribution in [3.63, 3.8) is 0 Å². The Morgan fingerprint density at radius 1 is 1.16 bits per heavy atom. The van der Waals surface area contributed by atoms with Gasteiger partial charge >= 0.3 is 6.09 Å². The summed E-state index contributed by atoms with van der Waals surface area (Å²) in [6.45, 7) is 9.57. The van der Waals surface area contributed by atoms with Gasteiger partial charge in [-0.05, 0) is 50.8 Å². The molecule has 2 amide bonds. The zero-order chi connectivity index (χ0) is 19.2. The second-order valence-corrected chi connectivity index (χ2v) is 8.11. The largest absolute Gasteiger partial charge is 0.444 e. The van der Waals surface area contributed by atoms with E-state index < -0.39 is 17.7 Å². The number of hydrogen-bond donors (Lipinski definition) is 2. The number of carbonyl (C=O) groups is 2. The van der Waals surface area contributed by atoms with Gasteiger partial charge in [0.15, 0.2) is 0 Å². The summed E-state index contributed by atoms with van der Waals surface area (Å²) < 4.78 is 5.23. The standard InChI is InChI=1S/C18H26Cl2N2O3/c1-11(2)8-15(22-17(24)25-18(3,4)5)16(23)21-10-12-6-7-13(19)14(20)9-12/h6-7,9,11,15H,8,10H2,1-5H3,(H,21,23)(H,22,24)/t15-/m1/s1. The Kier molecular flexibility index (Phi) is 8.03. The predicted molar refractivity (Wildman–Crippen MR) is 101 cm³/mol. The number of benzene rings is 1. The first-order valence-corrected chi connectivity index (χ1v) is 8.94. The minimum atomic E-state index is -0.669. The number of nitrogens with one attached hydrogen (secondary N) is 2. The van der Waals surface area contributed by atoms with Gasteiger partial charge in [0.25, 0.3) is 0 Å². The van der Waals surface area contributed by atoms with Crippen LogP contribution >= 0.6 is 23.2 Å². The molecule has 1 aromatic rings. The molecular weight excluding hydrogens is 363 g/mol. The molecule has 2 N–H and O–H groups in total. The Morgan fingerprint density at radius 2 is 1.80 bits per heavy atom. The molecule has 7 heteroatoms. The van der Waals surface area contributed by atoms with Gasteiger partial charge in [0.1, 0.15) is 11.6 Å². The lowest BCUT2D eigenvalue weighted by Gasteiger charge is -2.24. The number of ether oxygens (including phenoxy) is 1. The average molecular weight is 389 g/mol. The van der Waals surface area contributed by atoms with Crippen LogP contribution in [0.5, 0.6) is 0 Å². The molecule has 140 valence electrons. The van der Waals surface area contributed by atoms with Gasteiger partial charge in [-0.2, -0.15) is 0 Å². The van der Waals surface area contributed by atoms with Crippen molar-refractivity contribution in [2.75, 3.05) is 0 Å². The van der Waals surface area contributed by atoms with Crippen LogP contribution in [0.15, 0.2) is 18.2 Å². The third-order valence-corrected chi connectivity index (χ3v) is 3.90. The molecule has 5 nitrogen and oxygen atoms in total. The van der Waals surface area contributed by atoms with E-state index in [1.54, 1.807) is 39.0 Å². The van der Waals surface area contributed by atoms with Crippen molar-refractivity contribution in [2.45, 2.75) is 59.2 Å². The lowest BCUT2D eigenvalue weighted by molar-refractivity contribution is -0.123. The smallest absolute Gasteiger partial charge is 0.408 e. The van der Waals surface area contributed by atoms with Crippen molar-refractivity contribution in [1.82, 2.24) is 10.6 Å². The number of alkyl carbamates (subject to hydrolysis) is 1. The van der Waals surface area contributed by atoms with Crippen molar-refractivity contribution < 1.29 is 14.3 Å². The van der Waals surface area contributed by atoms with Crippen molar-refractivity contribution in [2.24, 2.45) is 5.92 Å². The predicted octanol–water partition coefficient (Wildman–Crippen LogP) is 4.55. The molecule has 0 bridgehead atoms. The van der Waals surface area contributed by atoms with Gasteiger partial charge in [0.2, 0.25) is 5.91 Å². The SMILES string of the molecule is CC(C)C[C@@H](NC(=O)OC(C)(C)C)C(=O)NCc1ccc(Cl)c(Cl)c1. The minimum absolute atomic E-state index is 0.232. The summed E-state index contributed by atoms with van der Waals surface area (Å²) in [6.07, 6.45) is -0.102. The van der Waals surface area contributed by atoms with E-state index in [4.69, 9.17) is 27.9 Å². The van der Waals surface area contributed by atoms with E-state index in [2.05, 4.69) is 10.6 Å². The van der Waals surface area contributed by atoms with E-state index in [9.17, 15) is 9.59 Å². The molecule has 0 aliphatic carbocycles. The molecule has 25 heavy (non-hydrogen) atoms. The third-order valence-electron chi connectivity index (χ3n) is 3.17. The monoisotopic (exact) mass is 388 g/mol. The Balaban J connectivity index is 2.69. The summed E-state index contributed by atoms with van der Waals surface area (Å²) in [6, 6.07) is 4.49. The second-order valence-electron chi connectivity index (χ2n) is 7.29. The van der Waals surface area contributed by atoms with Gasteiger partial charge in [-0.3, -0.25) is 4.79 Å². The molecule has 0 aliphatic rings. The summed E-state index contributed by atoms with van der Waals surface area (Å²) in [4.78, 5) is 24.4. The van der Waals surface area contributed by atoms with Crippen LogP contribution in [0.25, 0.3) is 0 Å². The Morgan fingerprint density at radius 3 is 2.32 bits per heavy atom. The summed E-state index contributed by atoms with van der Waals surface area (Å²) in [5.74, 6) is -0.0405. The lowest BCUT2D eigenvalue weighted by atomic mass is 10.0. The Labute approximate surface area is 159 Å². The molecule has 0 saturated carbocycles. The lowest BCUT2D eigenvalue weighted by Crippen LogP contribution is -2.48. The van der Waals surface area contributed by atoms with Gasteiger partial charge < -0.3 is 15.4 Å². The number of rotatable bonds is 6. The van der Waals surface area contributed by atoms with Crippen LogP contribution < -0.4 is 10.6 Å². The van der Waals surface area contributed by atoms with Gasteiger partial charge in [-0.1, -0.05) is 43.1 Å². The first kappa shape index (κ1) is 21.6. The van der Waals surface area contributed by atoms with Crippen molar-refractivity contribution in [1.29, 1.82) is 0 Å². The number of halogens is 2. The van der Waals surface area contributed by atoms with Crippen LogP contribution in [0.2, 0.25) is 10.0 Å². The van der Waals surface area contributed by atoms with Crippen molar-refractivity contribution in [3.05, 3.63) is 33.8 Å². The zero-order valence-electron chi connectivity index (χ0n) is 15.3. The van der Waals surface area contributed by atoms with Crippen molar-refractivity contribution in [3.8, 4) is 0 Å². The fourth-order valence-electron chi connectivity index (χ4n) is 2.11. The van der Waals surface area contributed by atoms with Gasteiger partial charge in [0, 0.05) is 6.54 Å². The van der Waals surface area contributed by atoms with E-state index in [0.717, 1.165) is 5.56 Å². The maximum atomic E-state index is 12.5. The molecule has 0 unspecified atom stereocenters. The van der Waals surface area contributed by atoms with E-state index in [1.165, 1.54) is 0 Å². The molecule has 0 saturated heterocycles. The number of amides is 2. The van der Waals surface area contributed by atoms with Crippen LogP contribution in [0.3, 0.4) is 0 Å². The summed E-state index contributed by atoms with van der Waals surface area (Å²) in [5, 5.41) is 6.34. The highest BCUT2D eigenvalue weighted by Gasteiger charge is 2.25. The van der Waals surface area contributed by atoms with Crippen LogP contribution in [0, 0.1) is 5.92 Å².